The fourth-order valence-electron chi connectivity index (χ4n) is 2.36. The van der Waals surface area contributed by atoms with E-state index in [2.05, 4.69) is 4.74 Å². The van der Waals surface area contributed by atoms with Crippen LogP contribution in [0, 0.1) is 0 Å². The summed E-state index contributed by atoms with van der Waals surface area (Å²) in [6.07, 6.45) is -1.07. The number of ether oxygens (including phenoxy) is 4. The summed E-state index contributed by atoms with van der Waals surface area (Å²) in [5, 5.41) is 0. The van der Waals surface area contributed by atoms with Crippen molar-refractivity contribution in [3.63, 3.8) is 0 Å². The summed E-state index contributed by atoms with van der Waals surface area (Å²) in [5.41, 5.74) is -0.249. The maximum atomic E-state index is 12.6. The van der Waals surface area contributed by atoms with Gasteiger partial charge in [0.15, 0.2) is 17.6 Å². The minimum Gasteiger partial charge on any atom is -0.493 e. The van der Waals surface area contributed by atoms with Gasteiger partial charge in [-0.3, -0.25) is 4.79 Å². The zero-order chi connectivity index (χ0) is 18.4. The van der Waals surface area contributed by atoms with Crippen LogP contribution in [-0.4, -0.2) is 62.9 Å². The van der Waals surface area contributed by atoms with Crippen LogP contribution < -0.4 is 9.47 Å². The number of hydrogen-bond acceptors (Lipinski definition) is 6. The zero-order valence-corrected chi connectivity index (χ0v) is 13.9. The largest absolute Gasteiger partial charge is 0.493 e. The van der Waals surface area contributed by atoms with Crippen LogP contribution in [-0.2, 0) is 14.3 Å². The van der Waals surface area contributed by atoms with E-state index in [1.54, 1.807) is 0 Å². The van der Waals surface area contributed by atoms with Crippen LogP contribution in [0.5, 0.6) is 11.5 Å². The Morgan fingerprint density at radius 1 is 1.24 bits per heavy atom. The minimum absolute atomic E-state index is 0.0399. The lowest BCUT2D eigenvalue weighted by Gasteiger charge is -2.29. The van der Waals surface area contributed by atoms with Gasteiger partial charge in [-0.05, 0) is 19.1 Å². The number of para-hydroxylation sites is 1. The van der Waals surface area contributed by atoms with Gasteiger partial charge in [0.2, 0.25) is 0 Å². The summed E-state index contributed by atoms with van der Waals surface area (Å²) < 4.78 is 44.8. The number of methoxy groups -OCH3 is 1. The third-order valence-electron chi connectivity index (χ3n) is 3.58. The van der Waals surface area contributed by atoms with Crippen LogP contribution in [0.3, 0.4) is 0 Å². The molecule has 0 saturated carbocycles. The molecule has 1 fully saturated rings. The van der Waals surface area contributed by atoms with E-state index in [1.165, 1.54) is 37.1 Å². The predicted octanol–water partition coefficient (Wildman–Crippen LogP) is 1.70. The summed E-state index contributed by atoms with van der Waals surface area (Å²) >= 11 is 0. The van der Waals surface area contributed by atoms with Gasteiger partial charge in [-0.2, -0.15) is 8.78 Å². The first-order chi connectivity index (χ1) is 11.9. The number of halogens is 2. The first-order valence-corrected chi connectivity index (χ1v) is 7.63. The fraction of sp³-hybridized carbons (Fsp3) is 0.500. The lowest BCUT2D eigenvalue weighted by Crippen LogP contribution is -2.46. The SMILES string of the molecule is COc1cccc(C(=O)OC(C)C(=O)N2CCOCC2)c1OC(F)F. The molecule has 1 heterocycles. The maximum absolute atomic E-state index is 12.6. The lowest BCUT2D eigenvalue weighted by molar-refractivity contribution is -0.143. The highest BCUT2D eigenvalue weighted by Crippen LogP contribution is 2.33. The number of carbonyl (C=O) groups is 2. The Bertz CT molecular complexity index is 619. The Kier molecular flexibility index (Phi) is 6.51. The highest BCUT2D eigenvalue weighted by molar-refractivity contribution is 5.95. The van der Waals surface area contributed by atoms with E-state index >= 15 is 0 Å². The summed E-state index contributed by atoms with van der Waals surface area (Å²) in [5.74, 6) is -1.81. The first kappa shape index (κ1) is 18.9. The van der Waals surface area contributed by atoms with Crippen LogP contribution in [0.1, 0.15) is 17.3 Å². The molecule has 1 saturated heterocycles. The van der Waals surface area contributed by atoms with E-state index in [9.17, 15) is 18.4 Å². The standard InChI is InChI=1S/C16H19F2NO6/c1-10(14(20)19-6-8-23-9-7-19)24-15(21)11-4-3-5-12(22-2)13(11)25-16(17)18/h3-5,10,16H,6-9H2,1-2H3. The van der Waals surface area contributed by atoms with Gasteiger partial charge in [0.1, 0.15) is 5.56 Å². The highest BCUT2D eigenvalue weighted by atomic mass is 19.3. The Hall–Kier alpha value is -2.42. The quantitative estimate of drug-likeness (QED) is 0.720. The van der Waals surface area contributed by atoms with Crippen molar-refractivity contribution in [3.8, 4) is 11.5 Å². The normalized spacial score (nSPS) is 15.6. The second kappa shape index (κ2) is 8.61. The number of alkyl halides is 2. The van der Waals surface area contributed by atoms with Crippen molar-refractivity contribution in [2.24, 2.45) is 0 Å². The van der Waals surface area contributed by atoms with Crippen molar-refractivity contribution in [2.45, 2.75) is 19.6 Å². The first-order valence-electron chi connectivity index (χ1n) is 7.63. The van der Waals surface area contributed by atoms with Crippen molar-refractivity contribution in [1.82, 2.24) is 4.90 Å². The van der Waals surface area contributed by atoms with Crippen LogP contribution in [0.25, 0.3) is 0 Å². The van der Waals surface area contributed by atoms with Crippen LogP contribution in [0.15, 0.2) is 18.2 Å². The van der Waals surface area contributed by atoms with Gasteiger partial charge in [0, 0.05) is 13.1 Å². The molecular weight excluding hydrogens is 340 g/mol. The fourth-order valence-corrected chi connectivity index (χ4v) is 2.36. The molecule has 0 bridgehead atoms. The molecule has 7 nitrogen and oxygen atoms in total. The Balaban J connectivity index is 2.12. The van der Waals surface area contributed by atoms with E-state index in [0.717, 1.165) is 0 Å². The number of nitrogens with zero attached hydrogens (tertiary/aromatic N) is 1. The predicted molar refractivity (Wildman–Crippen MR) is 81.9 cm³/mol. The zero-order valence-electron chi connectivity index (χ0n) is 13.9. The molecular formula is C16H19F2NO6. The molecule has 2 rings (SSSR count). The molecule has 1 aliphatic rings. The number of carbonyl (C=O) groups excluding carboxylic acids is 2. The van der Waals surface area contributed by atoms with Crippen molar-refractivity contribution in [2.75, 3.05) is 33.4 Å². The number of morpholine rings is 1. The molecule has 1 amide bonds. The second-order valence-corrected chi connectivity index (χ2v) is 5.20. The summed E-state index contributed by atoms with van der Waals surface area (Å²) in [6.45, 7) is -0.0956. The van der Waals surface area contributed by atoms with Crippen molar-refractivity contribution in [1.29, 1.82) is 0 Å². The van der Waals surface area contributed by atoms with Gasteiger partial charge < -0.3 is 23.8 Å². The number of esters is 1. The Labute approximate surface area is 143 Å². The number of amides is 1. The number of hydrogen-bond donors (Lipinski definition) is 0. The van der Waals surface area contributed by atoms with Crippen LogP contribution in [0.2, 0.25) is 0 Å². The summed E-state index contributed by atoms with van der Waals surface area (Å²) in [4.78, 5) is 26.1. The molecule has 0 aromatic heterocycles. The van der Waals surface area contributed by atoms with Crippen molar-refractivity contribution >= 4 is 11.9 Å². The van der Waals surface area contributed by atoms with Crippen LogP contribution >= 0.6 is 0 Å². The van der Waals surface area contributed by atoms with E-state index in [1.807, 2.05) is 0 Å². The van der Waals surface area contributed by atoms with Gasteiger partial charge in [-0.1, -0.05) is 6.07 Å². The summed E-state index contributed by atoms with van der Waals surface area (Å²) in [7, 11) is 1.26. The molecule has 1 atom stereocenters. The monoisotopic (exact) mass is 359 g/mol. The summed E-state index contributed by atoms with van der Waals surface area (Å²) in [6, 6.07) is 4.06. The molecule has 0 aliphatic carbocycles. The van der Waals surface area contributed by atoms with Gasteiger partial charge in [-0.15, -0.1) is 0 Å². The molecule has 1 aliphatic heterocycles. The average molecular weight is 359 g/mol. The molecule has 138 valence electrons. The molecule has 1 aromatic carbocycles. The molecule has 25 heavy (non-hydrogen) atoms. The smallest absolute Gasteiger partial charge is 0.387 e. The molecule has 9 heteroatoms. The number of rotatable bonds is 6. The number of benzene rings is 1. The average Bonchev–Trinajstić information content (AvgIpc) is 2.61. The molecule has 0 spiro atoms. The van der Waals surface area contributed by atoms with Gasteiger partial charge in [-0.25, -0.2) is 4.79 Å². The van der Waals surface area contributed by atoms with Crippen molar-refractivity contribution < 1.29 is 37.3 Å². The minimum atomic E-state index is -3.14. The van der Waals surface area contributed by atoms with Crippen LogP contribution in [0.4, 0.5) is 8.78 Å². The van der Waals surface area contributed by atoms with Crippen molar-refractivity contribution in [3.05, 3.63) is 23.8 Å². The highest BCUT2D eigenvalue weighted by Gasteiger charge is 2.28. The van der Waals surface area contributed by atoms with E-state index in [-0.39, 0.29) is 17.2 Å². The van der Waals surface area contributed by atoms with E-state index in [4.69, 9.17) is 14.2 Å². The second-order valence-electron chi connectivity index (χ2n) is 5.20. The Morgan fingerprint density at radius 3 is 2.52 bits per heavy atom. The van der Waals surface area contributed by atoms with E-state index in [0.29, 0.717) is 26.3 Å². The van der Waals surface area contributed by atoms with Gasteiger partial charge >= 0.3 is 12.6 Å². The third-order valence-corrected chi connectivity index (χ3v) is 3.58. The van der Waals surface area contributed by atoms with Gasteiger partial charge in [0.25, 0.3) is 5.91 Å². The molecule has 1 unspecified atom stereocenters. The maximum Gasteiger partial charge on any atom is 0.387 e. The molecule has 0 radical (unpaired) electrons. The molecule has 1 aromatic rings. The Morgan fingerprint density at radius 2 is 1.92 bits per heavy atom. The van der Waals surface area contributed by atoms with Gasteiger partial charge in [0.05, 0.1) is 20.3 Å². The topological polar surface area (TPSA) is 74.3 Å². The lowest BCUT2D eigenvalue weighted by atomic mass is 10.2. The van der Waals surface area contributed by atoms with E-state index < -0.39 is 24.4 Å². The molecule has 0 N–H and O–H groups in total. The third kappa shape index (κ3) is 4.79.